The van der Waals surface area contributed by atoms with Gasteiger partial charge in [-0.05, 0) is 41.3 Å². The van der Waals surface area contributed by atoms with Crippen molar-refractivity contribution < 1.29 is 23.3 Å². The van der Waals surface area contributed by atoms with Crippen molar-refractivity contribution in [3.05, 3.63) is 105 Å². The second-order valence-corrected chi connectivity index (χ2v) is 10.2. The van der Waals surface area contributed by atoms with Crippen molar-refractivity contribution in [1.82, 2.24) is 0 Å². The van der Waals surface area contributed by atoms with Crippen LogP contribution in [-0.4, -0.2) is 47.8 Å². The normalized spacial score (nSPS) is 22.4. The van der Waals surface area contributed by atoms with E-state index < -0.39 is 6.09 Å². The van der Waals surface area contributed by atoms with Gasteiger partial charge < -0.3 is 9.22 Å². The molecule has 8 heteroatoms. The number of nitrogens with one attached hydrogen (secondary N) is 1. The largest absolute Gasteiger partial charge is 0.440 e. The van der Waals surface area contributed by atoms with Crippen molar-refractivity contribution in [2.24, 2.45) is 5.92 Å². The molecule has 6 rings (SSSR count). The number of benzene rings is 3. The highest BCUT2D eigenvalue weighted by Crippen LogP contribution is 2.36. The molecular weight excluding hydrogens is 473 g/mol. The van der Waals surface area contributed by atoms with E-state index in [1.165, 1.54) is 12.1 Å². The molecule has 3 aromatic carbocycles. The summed E-state index contributed by atoms with van der Waals surface area (Å²) in [6.45, 7) is 3.86. The first kappa shape index (κ1) is 24.9. The van der Waals surface area contributed by atoms with Gasteiger partial charge in [0.25, 0.3) is 5.69 Å². The molecule has 3 fully saturated rings. The lowest BCUT2D eigenvalue weighted by atomic mass is 9.83. The first-order valence-corrected chi connectivity index (χ1v) is 12.8. The number of ether oxygens (including phenoxy) is 1. The van der Waals surface area contributed by atoms with Gasteiger partial charge in [-0.1, -0.05) is 42.5 Å². The van der Waals surface area contributed by atoms with E-state index in [1.807, 2.05) is 36.4 Å². The number of piperidine rings is 3. The molecule has 2 bridgehead atoms. The molecule has 1 unspecified atom stereocenters. The fourth-order valence-corrected chi connectivity index (χ4v) is 5.72. The molecule has 37 heavy (non-hydrogen) atoms. The number of carbonyl (C=O) groups is 1. The maximum absolute atomic E-state index is 13.3. The lowest BCUT2D eigenvalue weighted by Gasteiger charge is -2.52. The Balaban J connectivity index is 1.19. The van der Waals surface area contributed by atoms with Gasteiger partial charge in [0, 0.05) is 43.0 Å². The zero-order valence-corrected chi connectivity index (χ0v) is 20.6. The summed E-state index contributed by atoms with van der Waals surface area (Å²) in [4.78, 5) is 23.5. The molecule has 0 radical (unpaired) electrons. The van der Waals surface area contributed by atoms with Gasteiger partial charge in [0.1, 0.15) is 12.4 Å². The van der Waals surface area contributed by atoms with Gasteiger partial charge >= 0.3 is 6.09 Å². The zero-order chi connectivity index (χ0) is 25.8. The van der Waals surface area contributed by atoms with E-state index >= 15 is 0 Å². The monoisotopic (exact) mass is 504 g/mol. The number of hydrogen-bond donors (Lipinski definition) is 1. The molecule has 1 atom stereocenters. The number of non-ortho nitro benzene ring substituents is 1. The Hall–Kier alpha value is -3.78. The minimum absolute atomic E-state index is 0.105. The summed E-state index contributed by atoms with van der Waals surface area (Å²) in [5.74, 6) is 0.101. The van der Waals surface area contributed by atoms with Crippen molar-refractivity contribution in [3.8, 4) is 0 Å². The first-order chi connectivity index (χ1) is 17.9. The van der Waals surface area contributed by atoms with Crippen molar-refractivity contribution in [3.63, 3.8) is 0 Å². The van der Waals surface area contributed by atoms with Gasteiger partial charge in [0.15, 0.2) is 6.10 Å². The van der Waals surface area contributed by atoms with E-state index in [-0.39, 0.29) is 22.5 Å². The van der Waals surface area contributed by atoms with E-state index in [4.69, 9.17) is 4.74 Å². The topological polar surface area (TPSA) is 81.5 Å². The Morgan fingerprint density at radius 2 is 1.68 bits per heavy atom. The number of hydrogen-bond acceptors (Lipinski definition) is 4. The fourth-order valence-electron chi connectivity index (χ4n) is 5.72. The Labute approximate surface area is 215 Å². The van der Waals surface area contributed by atoms with Crippen molar-refractivity contribution in [2.75, 3.05) is 31.5 Å². The van der Waals surface area contributed by atoms with Crippen LogP contribution < -0.4 is 5.32 Å². The summed E-state index contributed by atoms with van der Waals surface area (Å²) >= 11 is 0. The SMILES string of the molecule is O=C(Nc1ccccc1Cc1ccc(F)cc1)OC1C[N+]2(CCc3ccc([N+](=O)[O-])cc3)CCC1CC2. The maximum Gasteiger partial charge on any atom is 0.412 e. The molecule has 3 aromatic rings. The molecule has 7 nitrogen and oxygen atoms in total. The van der Waals surface area contributed by atoms with Gasteiger partial charge in [0.05, 0.1) is 24.6 Å². The molecule has 0 aromatic heterocycles. The summed E-state index contributed by atoms with van der Waals surface area (Å²) in [6, 6.07) is 20.7. The lowest BCUT2D eigenvalue weighted by molar-refractivity contribution is -0.945. The number of carbonyl (C=O) groups excluding carboxylic acids is 1. The summed E-state index contributed by atoms with van der Waals surface area (Å²) in [5, 5.41) is 13.9. The second kappa shape index (κ2) is 10.7. The molecule has 3 aliphatic rings. The van der Waals surface area contributed by atoms with E-state index in [0.29, 0.717) is 18.0 Å². The first-order valence-electron chi connectivity index (χ1n) is 12.8. The van der Waals surface area contributed by atoms with Crippen molar-refractivity contribution in [2.45, 2.75) is 31.8 Å². The zero-order valence-electron chi connectivity index (χ0n) is 20.6. The highest BCUT2D eigenvalue weighted by molar-refractivity contribution is 5.86. The predicted molar refractivity (Wildman–Crippen MR) is 139 cm³/mol. The lowest BCUT2D eigenvalue weighted by Crippen LogP contribution is -2.65. The van der Waals surface area contributed by atoms with Crippen molar-refractivity contribution in [1.29, 1.82) is 0 Å². The molecule has 0 aliphatic carbocycles. The minimum atomic E-state index is -0.446. The van der Waals surface area contributed by atoms with Crippen molar-refractivity contribution >= 4 is 17.5 Å². The van der Waals surface area contributed by atoms with E-state index in [2.05, 4.69) is 5.32 Å². The number of para-hydroxylation sites is 1. The summed E-state index contributed by atoms with van der Waals surface area (Å²) in [7, 11) is 0. The third-order valence-electron chi connectivity index (χ3n) is 7.88. The summed E-state index contributed by atoms with van der Waals surface area (Å²) in [5.41, 5.74) is 3.78. The number of nitro groups is 1. The smallest absolute Gasteiger partial charge is 0.412 e. The van der Waals surface area contributed by atoms with Crippen LogP contribution in [0.25, 0.3) is 0 Å². The van der Waals surface area contributed by atoms with Gasteiger partial charge in [-0.3, -0.25) is 15.4 Å². The van der Waals surface area contributed by atoms with Gasteiger partial charge in [-0.2, -0.15) is 0 Å². The molecule has 0 spiro atoms. The highest BCUT2D eigenvalue weighted by atomic mass is 19.1. The van der Waals surface area contributed by atoms with Gasteiger partial charge in [0.2, 0.25) is 0 Å². The molecule has 1 N–H and O–H groups in total. The summed E-state index contributed by atoms with van der Waals surface area (Å²) < 4.78 is 20.2. The molecule has 3 saturated heterocycles. The predicted octanol–water partition coefficient (Wildman–Crippen LogP) is 5.72. The average molecular weight is 505 g/mol. The van der Waals surface area contributed by atoms with Crippen LogP contribution in [0.1, 0.15) is 29.5 Å². The number of amides is 1. The Bertz CT molecular complexity index is 1250. The summed E-state index contributed by atoms with van der Waals surface area (Å²) in [6.07, 6.45) is 2.88. The van der Waals surface area contributed by atoms with Crippen LogP contribution in [0.5, 0.6) is 0 Å². The number of halogens is 1. The average Bonchev–Trinajstić information content (AvgIpc) is 2.91. The molecule has 0 saturated carbocycles. The number of nitrogens with zero attached hydrogens (tertiary/aromatic N) is 2. The van der Waals surface area contributed by atoms with Crippen LogP contribution in [0.15, 0.2) is 72.8 Å². The second-order valence-electron chi connectivity index (χ2n) is 10.2. The van der Waals surface area contributed by atoms with Crippen LogP contribution in [0.4, 0.5) is 20.6 Å². The highest BCUT2D eigenvalue weighted by Gasteiger charge is 2.47. The number of fused-ring (bicyclic) bond motifs is 3. The molecule has 1 amide bonds. The van der Waals surface area contributed by atoms with Crippen LogP contribution >= 0.6 is 0 Å². The van der Waals surface area contributed by atoms with E-state index in [1.54, 1.807) is 24.3 Å². The molecule has 3 aliphatic heterocycles. The minimum Gasteiger partial charge on any atom is -0.440 e. The van der Waals surface area contributed by atoms with Crippen LogP contribution in [0, 0.1) is 21.8 Å². The van der Waals surface area contributed by atoms with Gasteiger partial charge in [-0.15, -0.1) is 0 Å². The quantitative estimate of drug-likeness (QED) is 0.242. The standard InChI is InChI=1S/C29H30FN3O4/c30-25-9-5-22(6-10-25)19-24-3-1-2-4-27(24)31-29(34)37-28-20-33(17-14-23(28)15-18-33)16-13-21-7-11-26(12-8-21)32(35)36/h1-12,23,28H,13-20H2/p+1. The van der Waals surface area contributed by atoms with Crippen LogP contribution in [0.2, 0.25) is 0 Å². The number of nitro benzene ring substituents is 1. The third kappa shape index (κ3) is 5.97. The van der Waals surface area contributed by atoms with Crippen LogP contribution in [-0.2, 0) is 17.6 Å². The Kier molecular flexibility index (Phi) is 7.19. The van der Waals surface area contributed by atoms with Gasteiger partial charge in [-0.25, -0.2) is 9.18 Å². The maximum atomic E-state index is 13.3. The Morgan fingerprint density at radius 3 is 2.38 bits per heavy atom. The molecular formula is C29H31FN3O4+. The van der Waals surface area contributed by atoms with Crippen LogP contribution in [0.3, 0.4) is 0 Å². The number of rotatable bonds is 8. The number of anilines is 1. The molecule has 3 heterocycles. The fraction of sp³-hybridized carbons (Fsp3) is 0.345. The van der Waals surface area contributed by atoms with E-state index in [9.17, 15) is 19.3 Å². The number of quaternary nitrogens is 1. The molecule has 192 valence electrons. The van der Waals surface area contributed by atoms with E-state index in [0.717, 1.165) is 66.6 Å². The third-order valence-corrected chi connectivity index (χ3v) is 7.88. The Morgan fingerprint density at radius 1 is 1.00 bits per heavy atom.